The molecule has 0 spiro atoms. The molecule has 0 aliphatic carbocycles. The van der Waals surface area contributed by atoms with Crippen LogP contribution in [0, 0.1) is 5.41 Å². The summed E-state index contributed by atoms with van der Waals surface area (Å²) in [5, 5.41) is 25.1. The summed E-state index contributed by atoms with van der Waals surface area (Å²) >= 11 is 0. The Morgan fingerprint density at radius 1 is 1.39 bits per heavy atom. The van der Waals surface area contributed by atoms with E-state index in [1.165, 1.54) is 0 Å². The van der Waals surface area contributed by atoms with E-state index in [0.717, 1.165) is 5.69 Å². The average molecular weight is 257 g/mol. The van der Waals surface area contributed by atoms with Gasteiger partial charge >= 0.3 is 0 Å². The Labute approximate surface area is 108 Å². The van der Waals surface area contributed by atoms with Gasteiger partial charge in [-0.15, -0.1) is 0 Å². The number of ether oxygens (including phenoxy) is 1. The van der Waals surface area contributed by atoms with Gasteiger partial charge in [0.1, 0.15) is 0 Å². The Morgan fingerprint density at radius 2 is 2.17 bits per heavy atom. The minimum atomic E-state index is -0.146. The van der Waals surface area contributed by atoms with E-state index in [1.807, 2.05) is 20.0 Å². The average Bonchev–Trinajstić information content (AvgIpc) is 2.80. The van der Waals surface area contributed by atoms with Crippen LogP contribution in [0.1, 0.15) is 13.8 Å². The monoisotopic (exact) mass is 257 g/mol. The van der Waals surface area contributed by atoms with Crippen LogP contribution in [0.15, 0.2) is 12.4 Å². The highest BCUT2D eigenvalue weighted by molar-refractivity contribution is 5.38. The highest BCUT2D eigenvalue weighted by Gasteiger charge is 2.16. The van der Waals surface area contributed by atoms with Gasteiger partial charge in [-0.05, 0) is 0 Å². The fraction of sp³-hybridized carbons (Fsp3) is 0.750. The maximum absolute atomic E-state index is 9.15. The lowest BCUT2D eigenvalue weighted by Crippen LogP contribution is -2.26. The number of aliphatic hydroxyl groups excluding tert-OH is 2. The van der Waals surface area contributed by atoms with Gasteiger partial charge in [0.25, 0.3) is 0 Å². The Morgan fingerprint density at radius 3 is 2.83 bits per heavy atom. The molecule has 0 saturated heterocycles. The third-order valence-corrected chi connectivity index (χ3v) is 2.53. The van der Waals surface area contributed by atoms with E-state index in [4.69, 9.17) is 14.9 Å². The predicted molar refractivity (Wildman–Crippen MR) is 69.5 cm³/mol. The smallest absolute Gasteiger partial charge is 0.0726 e. The number of aliphatic hydroxyl groups is 2. The highest BCUT2D eigenvalue weighted by atomic mass is 16.5. The zero-order valence-electron chi connectivity index (χ0n) is 11.1. The van der Waals surface area contributed by atoms with Crippen LogP contribution in [-0.2, 0) is 11.3 Å². The third-order valence-electron chi connectivity index (χ3n) is 2.53. The summed E-state index contributed by atoms with van der Waals surface area (Å²) in [6.07, 6.45) is 3.65. The Balaban J connectivity index is 2.30. The van der Waals surface area contributed by atoms with Crippen LogP contribution in [0.5, 0.6) is 0 Å². The van der Waals surface area contributed by atoms with E-state index in [9.17, 15) is 0 Å². The lowest BCUT2D eigenvalue weighted by Gasteiger charge is -2.21. The molecule has 0 aliphatic rings. The molecule has 0 aromatic carbocycles. The molecule has 0 amide bonds. The maximum Gasteiger partial charge on any atom is 0.0726 e. The van der Waals surface area contributed by atoms with Crippen molar-refractivity contribution in [1.82, 2.24) is 9.78 Å². The van der Waals surface area contributed by atoms with Gasteiger partial charge in [-0.25, -0.2) is 0 Å². The molecular weight excluding hydrogens is 234 g/mol. The first-order valence-electron chi connectivity index (χ1n) is 6.13. The molecule has 3 N–H and O–H groups in total. The van der Waals surface area contributed by atoms with E-state index in [1.54, 1.807) is 10.9 Å². The van der Waals surface area contributed by atoms with Crippen LogP contribution in [0.4, 0.5) is 5.69 Å². The van der Waals surface area contributed by atoms with Gasteiger partial charge in [0, 0.05) is 24.8 Å². The summed E-state index contributed by atoms with van der Waals surface area (Å²) in [6, 6.07) is 0. The van der Waals surface area contributed by atoms with Crippen molar-refractivity contribution < 1.29 is 14.9 Å². The van der Waals surface area contributed by atoms with Crippen molar-refractivity contribution in [3.05, 3.63) is 12.4 Å². The quantitative estimate of drug-likeness (QED) is 0.555. The lowest BCUT2D eigenvalue weighted by molar-refractivity contribution is 0.0854. The van der Waals surface area contributed by atoms with E-state index in [0.29, 0.717) is 26.3 Å². The molecule has 0 unspecified atom stereocenters. The van der Waals surface area contributed by atoms with E-state index >= 15 is 0 Å². The molecule has 1 aromatic heterocycles. The Kier molecular flexibility index (Phi) is 6.11. The molecule has 0 saturated carbocycles. The fourth-order valence-electron chi connectivity index (χ4n) is 1.30. The molecule has 1 aromatic rings. The molecule has 6 nitrogen and oxygen atoms in total. The number of hydrogen-bond acceptors (Lipinski definition) is 5. The van der Waals surface area contributed by atoms with Crippen molar-refractivity contribution in [2.75, 3.05) is 38.3 Å². The van der Waals surface area contributed by atoms with Crippen molar-refractivity contribution in [3.63, 3.8) is 0 Å². The Hall–Kier alpha value is -1.11. The van der Waals surface area contributed by atoms with Gasteiger partial charge in [0.2, 0.25) is 0 Å². The summed E-state index contributed by atoms with van der Waals surface area (Å²) in [5.74, 6) is 0. The summed E-state index contributed by atoms with van der Waals surface area (Å²) in [6.45, 7) is 6.41. The number of hydrogen-bond donors (Lipinski definition) is 3. The zero-order chi connectivity index (χ0) is 13.4. The number of nitrogens with zero attached hydrogens (tertiary/aromatic N) is 2. The van der Waals surface area contributed by atoms with Crippen molar-refractivity contribution in [2.24, 2.45) is 5.41 Å². The maximum atomic E-state index is 9.15. The molecule has 104 valence electrons. The molecule has 0 radical (unpaired) electrons. The number of nitrogens with one attached hydrogen (secondary N) is 1. The van der Waals surface area contributed by atoms with E-state index in [-0.39, 0.29) is 18.6 Å². The second-order valence-electron chi connectivity index (χ2n) is 5.00. The number of anilines is 1. The van der Waals surface area contributed by atoms with Gasteiger partial charge in [0.15, 0.2) is 0 Å². The fourth-order valence-corrected chi connectivity index (χ4v) is 1.30. The molecule has 0 bridgehead atoms. The zero-order valence-corrected chi connectivity index (χ0v) is 11.1. The van der Waals surface area contributed by atoms with Crippen LogP contribution < -0.4 is 5.32 Å². The van der Waals surface area contributed by atoms with Crippen LogP contribution in [0.3, 0.4) is 0 Å². The topological polar surface area (TPSA) is 79.5 Å². The summed E-state index contributed by atoms with van der Waals surface area (Å²) in [7, 11) is 0. The standard InChI is InChI=1S/C12H23N3O3/c1-12(2,10-17)9-13-11-7-14-15(8-11)3-5-18-6-4-16/h7-8,13,16-17H,3-6,9-10H2,1-2H3. The van der Waals surface area contributed by atoms with Crippen LogP contribution in [0.25, 0.3) is 0 Å². The summed E-state index contributed by atoms with van der Waals surface area (Å²) in [4.78, 5) is 0. The minimum absolute atomic E-state index is 0.0438. The van der Waals surface area contributed by atoms with Gasteiger partial charge in [-0.1, -0.05) is 13.8 Å². The lowest BCUT2D eigenvalue weighted by atomic mass is 9.95. The molecule has 0 aliphatic heterocycles. The second-order valence-corrected chi connectivity index (χ2v) is 5.00. The minimum Gasteiger partial charge on any atom is -0.396 e. The summed E-state index contributed by atoms with van der Waals surface area (Å²) in [5.41, 5.74) is 0.783. The van der Waals surface area contributed by atoms with E-state index in [2.05, 4.69) is 10.4 Å². The molecule has 18 heavy (non-hydrogen) atoms. The van der Waals surface area contributed by atoms with Gasteiger partial charge in [-0.3, -0.25) is 4.68 Å². The molecule has 1 rings (SSSR count). The third kappa shape index (κ3) is 5.48. The van der Waals surface area contributed by atoms with Crippen molar-refractivity contribution in [2.45, 2.75) is 20.4 Å². The highest BCUT2D eigenvalue weighted by Crippen LogP contribution is 2.15. The van der Waals surface area contributed by atoms with E-state index < -0.39 is 0 Å². The normalized spacial score (nSPS) is 11.8. The molecule has 0 fully saturated rings. The first kappa shape index (κ1) is 14.9. The molecule has 1 heterocycles. The predicted octanol–water partition coefficient (Wildman–Crippen LogP) is 0.322. The SMILES string of the molecule is CC(C)(CO)CNc1cnn(CCOCCO)c1. The number of rotatable bonds is 9. The largest absolute Gasteiger partial charge is 0.396 e. The first-order chi connectivity index (χ1) is 8.57. The van der Waals surface area contributed by atoms with Gasteiger partial charge in [-0.2, -0.15) is 5.10 Å². The number of aromatic nitrogens is 2. The van der Waals surface area contributed by atoms with Crippen LogP contribution in [0.2, 0.25) is 0 Å². The van der Waals surface area contributed by atoms with Gasteiger partial charge in [0.05, 0.1) is 38.2 Å². The van der Waals surface area contributed by atoms with Crippen molar-refractivity contribution in [1.29, 1.82) is 0 Å². The molecule has 0 atom stereocenters. The second kappa shape index (κ2) is 7.35. The molecular formula is C12H23N3O3. The molecule has 6 heteroatoms. The van der Waals surface area contributed by atoms with Gasteiger partial charge < -0.3 is 20.3 Å². The van der Waals surface area contributed by atoms with Crippen molar-refractivity contribution in [3.8, 4) is 0 Å². The summed E-state index contributed by atoms with van der Waals surface area (Å²) < 4.78 is 6.95. The van der Waals surface area contributed by atoms with Crippen LogP contribution >= 0.6 is 0 Å². The Bertz CT molecular complexity index is 339. The first-order valence-corrected chi connectivity index (χ1v) is 6.13. The van der Waals surface area contributed by atoms with Crippen LogP contribution in [-0.4, -0.2) is 53.0 Å². The van der Waals surface area contributed by atoms with Crippen molar-refractivity contribution >= 4 is 5.69 Å².